The molecule has 2 rings (SSSR count). The van der Waals surface area contributed by atoms with Gasteiger partial charge in [-0.3, -0.25) is 4.90 Å². The first kappa shape index (κ1) is 16.0. The predicted octanol–water partition coefficient (Wildman–Crippen LogP) is 3.37. The third-order valence-electron chi connectivity index (χ3n) is 3.66. The Labute approximate surface area is 121 Å². The summed E-state index contributed by atoms with van der Waals surface area (Å²) in [5.74, 6) is -0.651. The van der Waals surface area contributed by atoms with Gasteiger partial charge in [0.2, 0.25) is 0 Å². The molecule has 1 fully saturated rings. The number of hydrogen-bond donors (Lipinski definition) is 1. The second kappa shape index (κ2) is 6.58. The number of nitrogens with zero attached hydrogens (tertiary/aromatic N) is 1. The molecule has 116 valence electrons. The number of piperazine rings is 1. The quantitative estimate of drug-likeness (QED) is 0.677. The molecule has 1 aliphatic heterocycles. The summed E-state index contributed by atoms with van der Waals surface area (Å²) in [4.78, 5) is 1.95. The minimum atomic E-state index is -4.49. The number of alkyl halides is 3. The van der Waals surface area contributed by atoms with Crippen molar-refractivity contribution in [2.75, 3.05) is 26.2 Å². The highest BCUT2D eigenvalue weighted by Gasteiger charge is 2.36. The van der Waals surface area contributed by atoms with Crippen LogP contribution < -0.4 is 5.32 Å². The van der Waals surface area contributed by atoms with Crippen molar-refractivity contribution in [3.05, 3.63) is 47.8 Å². The fourth-order valence-corrected chi connectivity index (χ4v) is 2.69. The van der Waals surface area contributed by atoms with Gasteiger partial charge >= 0.3 is 6.18 Å². The van der Waals surface area contributed by atoms with E-state index >= 15 is 0 Å². The molecule has 0 aromatic heterocycles. The molecule has 0 saturated carbocycles. The summed E-state index contributed by atoms with van der Waals surface area (Å²) in [6, 6.07) is 2.17. The van der Waals surface area contributed by atoms with E-state index in [-0.39, 0.29) is 5.56 Å². The largest absolute Gasteiger partial charge is 0.416 e. The number of nitrogens with one attached hydrogen (secondary N) is 1. The van der Waals surface area contributed by atoms with E-state index in [9.17, 15) is 17.6 Å². The molecule has 1 N–H and O–H groups in total. The van der Waals surface area contributed by atoms with E-state index < -0.39 is 23.6 Å². The third-order valence-corrected chi connectivity index (χ3v) is 3.66. The molecule has 1 aromatic carbocycles. The lowest BCUT2D eigenvalue weighted by atomic mass is 9.95. The average molecular weight is 302 g/mol. The highest BCUT2D eigenvalue weighted by molar-refractivity contribution is 5.33. The van der Waals surface area contributed by atoms with Crippen LogP contribution in [0, 0.1) is 5.82 Å². The van der Waals surface area contributed by atoms with Crippen molar-refractivity contribution in [2.45, 2.75) is 18.6 Å². The summed E-state index contributed by atoms with van der Waals surface area (Å²) >= 11 is 0. The third kappa shape index (κ3) is 3.83. The van der Waals surface area contributed by atoms with Crippen LogP contribution >= 0.6 is 0 Å². The SMILES string of the molecule is C=CC[C@@H](c1cc(F)ccc1C(F)(F)F)N1CCNCC1. The Morgan fingerprint density at radius 2 is 1.95 bits per heavy atom. The molecular formula is C15H18F4N2. The van der Waals surface area contributed by atoms with Gasteiger partial charge in [0.15, 0.2) is 0 Å². The van der Waals surface area contributed by atoms with Crippen molar-refractivity contribution >= 4 is 0 Å². The molecule has 6 heteroatoms. The van der Waals surface area contributed by atoms with E-state index in [4.69, 9.17) is 0 Å². The van der Waals surface area contributed by atoms with Crippen LogP contribution in [0.2, 0.25) is 0 Å². The zero-order chi connectivity index (χ0) is 15.5. The molecule has 0 spiro atoms. The second-order valence-electron chi connectivity index (χ2n) is 5.06. The fourth-order valence-electron chi connectivity index (χ4n) is 2.69. The van der Waals surface area contributed by atoms with Crippen LogP contribution in [0.25, 0.3) is 0 Å². The summed E-state index contributed by atoms with van der Waals surface area (Å²) in [7, 11) is 0. The lowest BCUT2D eigenvalue weighted by Crippen LogP contribution is -2.45. The summed E-state index contributed by atoms with van der Waals surface area (Å²) in [5, 5.41) is 3.16. The lowest BCUT2D eigenvalue weighted by Gasteiger charge is -2.35. The Bertz CT molecular complexity index is 493. The Balaban J connectivity index is 2.43. The van der Waals surface area contributed by atoms with Crippen molar-refractivity contribution in [2.24, 2.45) is 0 Å². The van der Waals surface area contributed by atoms with Gasteiger partial charge in [-0.05, 0) is 30.2 Å². The van der Waals surface area contributed by atoms with Crippen LogP contribution in [0.3, 0.4) is 0 Å². The normalized spacial score (nSPS) is 18.5. The van der Waals surface area contributed by atoms with Crippen LogP contribution in [0.1, 0.15) is 23.6 Å². The Hall–Kier alpha value is -1.40. The summed E-state index contributed by atoms with van der Waals surface area (Å²) in [6.07, 6.45) is -2.55. The lowest BCUT2D eigenvalue weighted by molar-refractivity contribution is -0.138. The maximum atomic E-state index is 13.5. The van der Waals surface area contributed by atoms with Crippen LogP contribution in [-0.2, 0) is 6.18 Å². The molecule has 21 heavy (non-hydrogen) atoms. The first-order chi connectivity index (χ1) is 9.93. The van der Waals surface area contributed by atoms with Crippen LogP contribution in [0.15, 0.2) is 30.9 Å². The zero-order valence-corrected chi connectivity index (χ0v) is 11.6. The molecule has 0 amide bonds. The summed E-state index contributed by atoms with van der Waals surface area (Å²) in [5.41, 5.74) is -0.779. The maximum absolute atomic E-state index is 13.5. The highest BCUT2D eigenvalue weighted by Crippen LogP contribution is 2.38. The van der Waals surface area contributed by atoms with Gasteiger partial charge < -0.3 is 5.32 Å². The molecule has 0 radical (unpaired) electrons. The minimum Gasteiger partial charge on any atom is -0.314 e. The zero-order valence-electron chi connectivity index (χ0n) is 11.6. The maximum Gasteiger partial charge on any atom is 0.416 e. The molecule has 2 nitrogen and oxygen atoms in total. The van der Waals surface area contributed by atoms with E-state index in [2.05, 4.69) is 11.9 Å². The number of halogens is 4. The van der Waals surface area contributed by atoms with Crippen molar-refractivity contribution in [1.29, 1.82) is 0 Å². The standard InChI is InChI=1S/C15H18F4N2/c1-2-3-14(21-8-6-20-7-9-21)12-10-11(16)4-5-13(12)15(17,18)19/h2,4-5,10,14,20H,1,3,6-9H2/t14-/m0/s1. The Morgan fingerprint density at radius 3 is 2.52 bits per heavy atom. The monoisotopic (exact) mass is 302 g/mol. The van der Waals surface area contributed by atoms with Gasteiger partial charge in [0.25, 0.3) is 0 Å². The average Bonchev–Trinajstić information content (AvgIpc) is 2.44. The van der Waals surface area contributed by atoms with Gasteiger partial charge in [-0.25, -0.2) is 4.39 Å². The molecule has 1 atom stereocenters. The summed E-state index contributed by atoms with van der Waals surface area (Å²) in [6.45, 7) is 6.31. The molecule has 1 aromatic rings. The van der Waals surface area contributed by atoms with Gasteiger partial charge in [-0.15, -0.1) is 6.58 Å². The van der Waals surface area contributed by atoms with E-state index in [0.717, 1.165) is 18.2 Å². The topological polar surface area (TPSA) is 15.3 Å². The van der Waals surface area contributed by atoms with Gasteiger partial charge in [0, 0.05) is 32.2 Å². The summed E-state index contributed by atoms with van der Waals surface area (Å²) < 4.78 is 53.0. The van der Waals surface area contributed by atoms with E-state index in [1.165, 1.54) is 0 Å². The minimum absolute atomic E-state index is 0.00991. The molecule has 0 unspecified atom stereocenters. The van der Waals surface area contributed by atoms with Crippen molar-refractivity contribution in [1.82, 2.24) is 10.2 Å². The molecule has 1 heterocycles. The number of rotatable bonds is 4. The number of hydrogen-bond acceptors (Lipinski definition) is 2. The van der Waals surface area contributed by atoms with Crippen molar-refractivity contribution < 1.29 is 17.6 Å². The van der Waals surface area contributed by atoms with Gasteiger partial charge in [-0.2, -0.15) is 13.2 Å². The van der Waals surface area contributed by atoms with E-state index in [0.29, 0.717) is 32.6 Å². The van der Waals surface area contributed by atoms with Crippen LogP contribution in [-0.4, -0.2) is 31.1 Å². The van der Waals surface area contributed by atoms with Crippen LogP contribution in [0.4, 0.5) is 17.6 Å². The van der Waals surface area contributed by atoms with E-state index in [1.807, 2.05) is 4.90 Å². The van der Waals surface area contributed by atoms with Crippen molar-refractivity contribution in [3.63, 3.8) is 0 Å². The fraction of sp³-hybridized carbons (Fsp3) is 0.467. The molecule has 0 aliphatic carbocycles. The van der Waals surface area contributed by atoms with Crippen molar-refractivity contribution in [3.8, 4) is 0 Å². The second-order valence-corrected chi connectivity index (χ2v) is 5.06. The van der Waals surface area contributed by atoms with Gasteiger partial charge in [-0.1, -0.05) is 6.08 Å². The van der Waals surface area contributed by atoms with E-state index in [1.54, 1.807) is 6.08 Å². The highest BCUT2D eigenvalue weighted by atomic mass is 19.4. The first-order valence-electron chi connectivity index (χ1n) is 6.86. The molecule has 1 saturated heterocycles. The molecule has 0 bridgehead atoms. The Kier molecular flexibility index (Phi) is 5.00. The smallest absolute Gasteiger partial charge is 0.314 e. The first-order valence-corrected chi connectivity index (χ1v) is 6.86. The molecular weight excluding hydrogens is 284 g/mol. The number of benzene rings is 1. The Morgan fingerprint density at radius 1 is 1.29 bits per heavy atom. The van der Waals surface area contributed by atoms with Gasteiger partial charge in [0.05, 0.1) is 5.56 Å². The molecule has 1 aliphatic rings. The predicted molar refractivity (Wildman–Crippen MR) is 73.4 cm³/mol. The van der Waals surface area contributed by atoms with Crippen LogP contribution in [0.5, 0.6) is 0 Å². The van der Waals surface area contributed by atoms with Gasteiger partial charge in [0.1, 0.15) is 5.82 Å².